The van der Waals surface area contributed by atoms with Gasteiger partial charge in [0.1, 0.15) is 12.4 Å². The smallest absolute Gasteiger partial charge is 0.227 e. The summed E-state index contributed by atoms with van der Waals surface area (Å²) in [7, 11) is 0. The first-order valence-electron chi connectivity index (χ1n) is 5.21. The highest BCUT2D eigenvalue weighted by atomic mass is 32.2. The molecule has 1 aromatic rings. The Morgan fingerprint density at radius 3 is 3.06 bits per heavy atom. The molecule has 0 radical (unpaired) electrons. The highest BCUT2D eigenvalue weighted by Gasteiger charge is 2.25. The number of carbonyl (C=O) groups is 1. The van der Waals surface area contributed by atoms with Gasteiger partial charge in [0, 0.05) is 0 Å². The minimum Gasteiger partial charge on any atom is -0.771 e. The number of hydrogen-bond acceptors (Lipinski definition) is 4. The summed E-state index contributed by atoms with van der Waals surface area (Å²) in [5, 5.41) is 2.35. The number of nitrogens with one attached hydrogen (secondary N) is 1. The Labute approximate surface area is 101 Å². The van der Waals surface area contributed by atoms with E-state index in [1.54, 1.807) is 0 Å². The molecule has 0 saturated heterocycles. The molecule has 17 heavy (non-hydrogen) atoms. The highest BCUT2D eigenvalue weighted by Crippen LogP contribution is 2.26. The van der Waals surface area contributed by atoms with Crippen LogP contribution in [0.5, 0.6) is 5.75 Å². The van der Waals surface area contributed by atoms with E-state index in [1.165, 1.54) is 0 Å². The number of para-hydroxylation sites is 1. The van der Waals surface area contributed by atoms with Gasteiger partial charge in [0.25, 0.3) is 0 Å². The Morgan fingerprint density at radius 1 is 1.53 bits per heavy atom. The molecule has 1 N–H and O–H groups in total. The van der Waals surface area contributed by atoms with Gasteiger partial charge in [-0.15, -0.1) is 0 Å². The van der Waals surface area contributed by atoms with Crippen LogP contribution in [0.2, 0.25) is 0 Å². The second-order valence-corrected chi connectivity index (χ2v) is 4.71. The average Bonchev–Trinajstić information content (AvgIpc) is 2.35. The first-order valence-corrected chi connectivity index (χ1v) is 6.45. The summed E-state index contributed by atoms with van der Waals surface area (Å²) in [5.41, 5.74) is 0.974. The molecule has 0 spiro atoms. The number of benzene rings is 1. The van der Waals surface area contributed by atoms with E-state index in [9.17, 15) is 13.6 Å². The first kappa shape index (κ1) is 12.1. The molecule has 2 rings (SSSR count). The van der Waals surface area contributed by atoms with E-state index in [1.807, 2.05) is 24.3 Å². The van der Waals surface area contributed by atoms with Crippen LogP contribution in [-0.4, -0.2) is 27.2 Å². The number of fused-ring (bicyclic) bond motifs is 1. The lowest BCUT2D eigenvalue weighted by Crippen LogP contribution is -2.38. The van der Waals surface area contributed by atoms with Crippen LogP contribution in [0.1, 0.15) is 5.56 Å². The van der Waals surface area contributed by atoms with Gasteiger partial charge in [-0.1, -0.05) is 18.2 Å². The Hall–Kier alpha value is -1.40. The summed E-state index contributed by atoms with van der Waals surface area (Å²) in [6.45, 7) is 0.286. The zero-order valence-electron chi connectivity index (χ0n) is 9.05. The van der Waals surface area contributed by atoms with E-state index in [-0.39, 0.29) is 24.3 Å². The second kappa shape index (κ2) is 5.29. The Balaban J connectivity index is 1.97. The number of rotatable bonds is 3. The lowest BCUT2D eigenvalue weighted by atomic mass is 9.96. The van der Waals surface area contributed by atoms with E-state index in [4.69, 9.17) is 4.74 Å². The predicted molar refractivity (Wildman–Crippen MR) is 61.1 cm³/mol. The summed E-state index contributed by atoms with van der Waals surface area (Å²) in [6.07, 6.45) is 0.577. The van der Waals surface area contributed by atoms with E-state index in [2.05, 4.69) is 5.32 Å². The van der Waals surface area contributed by atoms with Crippen LogP contribution < -0.4 is 10.1 Å². The summed E-state index contributed by atoms with van der Waals surface area (Å²) in [6, 6.07) is 7.52. The molecule has 2 unspecified atom stereocenters. The van der Waals surface area contributed by atoms with E-state index < -0.39 is 11.1 Å². The van der Waals surface area contributed by atoms with E-state index in [0.29, 0.717) is 6.42 Å². The third-order valence-corrected chi connectivity index (χ3v) is 2.99. The fourth-order valence-electron chi connectivity index (χ4n) is 1.77. The minimum absolute atomic E-state index is 0.286. The number of amides is 1. The van der Waals surface area contributed by atoms with Crippen molar-refractivity contribution in [2.75, 3.05) is 12.5 Å². The van der Waals surface area contributed by atoms with Crippen molar-refractivity contribution in [1.29, 1.82) is 0 Å². The molecular weight excluding hydrogens is 242 g/mol. The topological polar surface area (TPSA) is 78.5 Å². The van der Waals surface area contributed by atoms with Gasteiger partial charge in [0.15, 0.2) is 0 Å². The van der Waals surface area contributed by atoms with Crippen molar-refractivity contribution in [3.05, 3.63) is 29.8 Å². The van der Waals surface area contributed by atoms with Gasteiger partial charge in [-0.3, -0.25) is 9.00 Å². The third kappa shape index (κ3) is 3.04. The standard InChI is InChI=1S/C11H13NO4S/c13-11(12-7-17(14)15)9-5-8-3-1-2-4-10(8)16-6-9/h1-4,9H,5-7H2,(H,12,13)(H,14,15)/p-1. The van der Waals surface area contributed by atoms with Crippen LogP contribution in [0.15, 0.2) is 24.3 Å². The number of carbonyl (C=O) groups excluding carboxylic acids is 1. The second-order valence-electron chi connectivity index (χ2n) is 3.81. The molecule has 1 aliphatic heterocycles. The largest absolute Gasteiger partial charge is 0.771 e. The average molecular weight is 254 g/mol. The van der Waals surface area contributed by atoms with Gasteiger partial charge < -0.3 is 14.6 Å². The molecular formula is C11H12NO4S-. The maximum atomic E-state index is 11.6. The maximum absolute atomic E-state index is 11.6. The van der Waals surface area contributed by atoms with Gasteiger partial charge in [-0.2, -0.15) is 0 Å². The van der Waals surface area contributed by atoms with Crippen molar-refractivity contribution in [1.82, 2.24) is 5.32 Å². The van der Waals surface area contributed by atoms with Gasteiger partial charge in [-0.25, -0.2) is 0 Å². The van der Waals surface area contributed by atoms with Crippen molar-refractivity contribution in [3.8, 4) is 5.75 Å². The molecule has 92 valence electrons. The SMILES string of the molecule is O=C(NCS(=O)[O-])C1COc2ccccc2C1. The molecule has 0 aliphatic carbocycles. The summed E-state index contributed by atoms with van der Waals surface area (Å²) in [5.74, 6) is -0.169. The predicted octanol–water partition coefficient (Wildman–Crippen LogP) is 0.190. The normalized spacial score (nSPS) is 19.9. The summed E-state index contributed by atoms with van der Waals surface area (Å²) >= 11 is -2.26. The molecule has 0 fully saturated rings. The summed E-state index contributed by atoms with van der Waals surface area (Å²) in [4.78, 5) is 11.6. The number of ether oxygens (including phenoxy) is 1. The highest BCUT2D eigenvalue weighted by molar-refractivity contribution is 7.79. The van der Waals surface area contributed by atoms with Gasteiger partial charge in [0.2, 0.25) is 5.91 Å². The number of hydrogen-bond donors (Lipinski definition) is 1. The molecule has 5 nitrogen and oxygen atoms in total. The van der Waals surface area contributed by atoms with Crippen molar-refractivity contribution >= 4 is 17.0 Å². The zero-order chi connectivity index (χ0) is 12.3. The molecule has 0 saturated carbocycles. The van der Waals surface area contributed by atoms with Crippen molar-refractivity contribution in [2.24, 2.45) is 5.92 Å². The molecule has 0 aromatic heterocycles. The zero-order valence-corrected chi connectivity index (χ0v) is 9.87. The van der Waals surface area contributed by atoms with Crippen LogP contribution in [-0.2, 0) is 22.3 Å². The van der Waals surface area contributed by atoms with Crippen molar-refractivity contribution in [3.63, 3.8) is 0 Å². The van der Waals surface area contributed by atoms with Crippen molar-refractivity contribution < 1.29 is 18.3 Å². The quantitative estimate of drug-likeness (QED) is 0.781. The fraction of sp³-hybridized carbons (Fsp3) is 0.364. The molecule has 6 heteroatoms. The minimum atomic E-state index is -2.26. The monoisotopic (exact) mass is 254 g/mol. The van der Waals surface area contributed by atoms with E-state index in [0.717, 1.165) is 11.3 Å². The van der Waals surface area contributed by atoms with Crippen molar-refractivity contribution in [2.45, 2.75) is 6.42 Å². The van der Waals surface area contributed by atoms with Gasteiger partial charge >= 0.3 is 0 Å². The first-order chi connectivity index (χ1) is 8.16. The molecule has 1 amide bonds. The van der Waals surface area contributed by atoms with Crippen LogP contribution >= 0.6 is 0 Å². The van der Waals surface area contributed by atoms with Gasteiger partial charge in [0.05, 0.1) is 11.8 Å². The lowest BCUT2D eigenvalue weighted by Gasteiger charge is -2.24. The molecule has 0 bridgehead atoms. The Kier molecular flexibility index (Phi) is 3.75. The van der Waals surface area contributed by atoms with Crippen LogP contribution in [0.25, 0.3) is 0 Å². The summed E-state index contributed by atoms with van der Waals surface area (Å²) < 4.78 is 26.1. The van der Waals surface area contributed by atoms with Crippen LogP contribution in [0, 0.1) is 5.92 Å². The third-order valence-electron chi connectivity index (χ3n) is 2.61. The van der Waals surface area contributed by atoms with E-state index >= 15 is 0 Å². The Bertz CT molecular complexity index is 449. The molecule has 1 aliphatic rings. The molecule has 2 atom stereocenters. The maximum Gasteiger partial charge on any atom is 0.227 e. The molecule has 1 aromatic carbocycles. The van der Waals surface area contributed by atoms with Gasteiger partial charge in [-0.05, 0) is 29.1 Å². The van der Waals surface area contributed by atoms with Crippen LogP contribution in [0.4, 0.5) is 0 Å². The fourth-order valence-corrected chi connectivity index (χ4v) is 2.03. The van der Waals surface area contributed by atoms with Crippen LogP contribution in [0.3, 0.4) is 0 Å². The lowest BCUT2D eigenvalue weighted by molar-refractivity contribution is -0.125. The Morgan fingerprint density at radius 2 is 2.29 bits per heavy atom. The molecule has 1 heterocycles.